The van der Waals surface area contributed by atoms with E-state index >= 15 is 0 Å². The normalized spacial score (nSPS) is 11.2. The first-order valence-electron chi connectivity index (χ1n) is 8.83. The molecule has 2 aromatic heterocycles. The molecule has 0 saturated carbocycles. The standard InChI is InChI=1S/C19H23F3N4O2/c1-4-5-23-16-8-14(7-13(3)26-16)9-24-17(27)15-6-12(2)18(25-10-15)28-11-19(20,21)22/h6-8,10H,4-5,9,11H2,1-3H3,(H,23,26)(H,24,27). The van der Waals surface area contributed by atoms with Crippen LogP contribution in [-0.2, 0) is 6.54 Å². The van der Waals surface area contributed by atoms with E-state index in [-0.39, 0.29) is 23.9 Å². The van der Waals surface area contributed by atoms with E-state index in [1.165, 1.54) is 19.2 Å². The van der Waals surface area contributed by atoms with E-state index in [4.69, 9.17) is 0 Å². The Kier molecular flexibility index (Phi) is 7.19. The lowest BCUT2D eigenvalue weighted by Gasteiger charge is -2.12. The molecule has 0 unspecified atom stereocenters. The van der Waals surface area contributed by atoms with Crippen LogP contribution in [0.4, 0.5) is 19.0 Å². The highest BCUT2D eigenvalue weighted by Crippen LogP contribution is 2.20. The monoisotopic (exact) mass is 396 g/mol. The maximum absolute atomic E-state index is 12.3. The van der Waals surface area contributed by atoms with Gasteiger partial charge in [0.05, 0.1) is 5.56 Å². The third kappa shape index (κ3) is 6.71. The number of hydrogen-bond donors (Lipinski definition) is 2. The van der Waals surface area contributed by atoms with Crippen molar-refractivity contribution in [2.75, 3.05) is 18.5 Å². The molecule has 0 aromatic carbocycles. The summed E-state index contributed by atoms with van der Waals surface area (Å²) in [5.41, 5.74) is 2.30. The number of nitrogens with zero attached hydrogens (tertiary/aromatic N) is 2. The third-order valence-corrected chi connectivity index (χ3v) is 3.69. The predicted octanol–water partition coefficient (Wildman–Crippen LogP) is 3.79. The molecule has 0 saturated heterocycles. The molecule has 9 heteroatoms. The Morgan fingerprint density at radius 1 is 1.21 bits per heavy atom. The van der Waals surface area contributed by atoms with Gasteiger partial charge in [0.25, 0.3) is 5.91 Å². The van der Waals surface area contributed by atoms with Gasteiger partial charge in [-0.15, -0.1) is 0 Å². The molecule has 0 bridgehead atoms. The fraction of sp³-hybridized carbons (Fsp3) is 0.421. The smallest absolute Gasteiger partial charge is 0.422 e. The molecule has 152 valence electrons. The highest BCUT2D eigenvalue weighted by atomic mass is 19.4. The lowest BCUT2D eigenvalue weighted by Crippen LogP contribution is -2.24. The zero-order chi connectivity index (χ0) is 20.7. The van der Waals surface area contributed by atoms with Crippen molar-refractivity contribution < 1.29 is 22.7 Å². The predicted molar refractivity (Wildman–Crippen MR) is 99.4 cm³/mol. The van der Waals surface area contributed by atoms with Gasteiger partial charge in [0.15, 0.2) is 6.61 Å². The van der Waals surface area contributed by atoms with Gasteiger partial charge in [-0.1, -0.05) is 6.92 Å². The van der Waals surface area contributed by atoms with E-state index in [0.29, 0.717) is 5.56 Å². The molecular formula is C19H23F3N4O2. The van der Waals surface area contributed by atoms with E-state index in [9.17, 15) is 18.0 Å². The topological polar surface area (TPSA) is 76.1 Å². The first kappa shape index (κ1) is 21.5. The van der Waals surface area contributed by atoms with Crippen molar-refractivity contribution in [3.8, 4) is 5.88 Å². The largest absolute Gasteiger partial charge is 0.468 e. The Hall–Kier alpha value is -2.84. The van der Waals surface area contributed by atoms with E-state index in [1.54, 1.807) is 0 Å². The summed E-state index contributed by atoms with van der Waals surface area (Å²) in [6, 6.07) is 5.18. The number of ether oxygens (including phenoxy) is 1. The number of pyridine rings is 2. The second-order valence-corrected chi connectivity index (χ2v) is 6.36. The second-order valence-electron chi connectivity index (χ2n) is 6.36. The Labute approximate surface area is 161 Å². The minimum Gasteiger partial charge on any atom is -0.468 e. The number of anilines is 1. The van der Waals surface area contributed by atoms with Crippen LogP contribution >= 0.6 is 0 Å². The lowest BCUT2D eigenvalue weighted by atomic mass is 10.2. The summed E-state index contributed by atoms with van der Waals surface area (Å²) in [5.74, 6) is 0.218. The highest BCUT2D eigenvalue weighted by Gasteiger charge is 2.29. The van der Waals surface area contributed by atoms with E-state index < -0.39 is 12.8 Å². The Bertz CT molecular complexity index is 825. The summed E-state index contributed by atoms with van der Waals surface area (Å²) in [6.45, 7) is 5.12. The van der Waals surface area contributed by atoms with Crippen molar-refractivity contribution in [3.05, 3.63) is 46.8 Å². The van der Waals surface area contributed by atoms with Crippen molar-refractivity contribution in [2.24, 2.45) is 0 Å². The second kappa shape index (κ2) is 9.38. The summed E-state index contributed by atoms with van der Waals surface area (Å²) in [5, 5.41) is 5.98. The van der Waals surface area contributed by atoms with E-state index in [0.717, 1.165) is 30.0 Å². The number of hydrogen-bond acceptors (Lipinski definition) is 5. The van der Waals surface area contributed by atoms with Crippen molar-refractivity contribution in [1.82, 2.24) is 15.3 Å². The SMILES string of the molecule is CCCNc1cc(CNC(=O)c2cnc(OCC(F)(F)F)c(C)c2)cc(C)n1. The molecule has 6 nitrogen and oxygen atoms in total. The average molecular weight is 396 g/mol. The van der Waals surface area contributed by atoms with E-state index in [2.05, 4.69) is 32.3 Å². The van der Waals surface area contributed by atoms with E-state index in [1.807, 2.05) is 19.1 Å². The van der Waals surface area contributed by atoms with Crippen LogP contribution in [0.25, 0.3) is 0 Å². The summed E-state index contributed by atoms with van der Waals surface area (Å²) in [6.07, 6.45) is -2.28. The number of amides is 1. The zero-order valence-electron chi connectivity index (χ0n) is 16.0. The van der Waals surface area contributed by atoms with Crippen LogP contribution in [0.15, 0.2) is 24.4 Å². The first-order chi connectivity index (χ1) is 13.2. The number of halogens is 3. The Morgan fingerprint density at radius 2 is 1.96 bits per heavy atom. The Balaban J connectivity index is 1.99. The van der Waals surface area contributed by atoms with Gasteiger partial charge in [-0.25, -0.2) is 9.97 Å². The maximum atomic E-state index is 12.3. The van der Waals surface area contributed by atoms with Crippen LogP contribution < -0.4 is 15.4 Å². The third-order valence-electron chi connectivity index (χ3n) is 3.69. The van der Waals surface area contributed by atoms with Gasteiger partial charge in [0.1, 0.15) is 5.82 Å². The molecule has 2 rings (SSSR count). The van der Waals surface area contributed by atoms with Crippen molar-refractivity contribution >= 4 is 11.7 Å². The van der Waals surface area contributed by atoms with Gasteiger partial charge in [-0.2, -0.15) is 13.2 Å². The number of alkyl halides is 3. The van der Waals surface area contributed by atoms with Crippen molar-refractivity contribution in [3.63, 3.8) is 0 Å². The van der Waals surface area contributed by atoms with Crippen LogP contribution in [0, 0.1) is 13.8 Å². The van der Waals surface area contributed by atoms with Gasteiger partial charge < -0.3 is 15.4 Å². The summed E-state index contributed by atoms with van der Waals surface area (Å²) in [4.78, 5) is 20.5. The van der Waals surface area contributed by atoms with Crippen LogP contribution in [0.5, 0.6) is 5.88 Å². The van der Waals surface area contributed by atoms with Crippen molar-refractivity contribution in [1.29, 1.82) is 0 Å². The van der Waals surface area contributed by atoms with Crippen LogP contribution in [0.2, 0.25) is 0 Å². The molecule has 0 fully saturated rings. The molecule has 1 amide bonds. The summed E-state index contributed by atoms with van der Waals surface area (Å²) in [7, 11) is 0. The molecule has 0 radical (unpaired) electrons. The minimum absolute atomic E-state index is 0.148. The molecule has 0 aliphatic carbocycles. The first-order valence-corrected chi connectivity index (χ1v) is 8.83. The van der Waals surface area contributed by atoms with Gasteiger partial charge in [0.2, 0.25) is 5.88 Å². The maximum Gasteiger partial charge on any atom is 0.422 e. The molecule has 0 aliphatic heterocycles. The van der Waals surface area contributed by atoms with Crippen LogP contribution in [0.1, 0.15) is 40.5 Å². The number of carbonyl (C=O) groups is 1. The number of aryl methyl sites for hydroxylation is 2. The quantitative estimate of drug-likeness (QED) is 0.710. The number of nitrogens with one attached hydrogen (secondary N) is 2. The fourth-order valence-electron chi connectivity index (χ4n) is 2.46. The Morgan fingerprint density at radius 3 is 2.61 bits per heavy atom. The number of rotatable bonds is 8. The van der Waals surface area contributed by atoms with Gasteiger partial charge >= 0.3 is 6.18 Å². The molecular weight excluding hydrogens is 373 g/mol. The molecule has 2 aromatic rings. The minimum atomic E-state index is -4.45. The molecule has 0 atom stereocenters. The lowest BCUT2D eigenvalue weighted by molar-refractivity contribution is -0.154. The number of aromatic nitrogens is 2. The molecule has 2 N–H and O–H groups in total. The van der Waals surface area contributed by atoms with Gasteiger partial charge in [-0.3, -0.25) is 4.79 Å². The molecule has 0 spiro atoms. The van der Waals surface area contributed by atoms with Crippen LogP contribution in [0.3, 0.4) is 0 Å². The molecule has 2 heterocycles. The van der Waals surface area contributed by atoms with Gasteiger partial charge in [0, 0.05) is 30.5 Å². The molecule has 0 aliphatic rings. The summed E-state index contributed by atoms with van der Waals surface area (Å²) < 4.78 is 41.4. The fourth-order valence-corrected chi connectivity index (χ4v) is 2.46. The van der Waals surface area contributed by atoms with Crippen molar-refractivity contribution in [2.45, 2.75) is 39.9 Å². The average Bonchev–Trinajstić information content (AvgIpc) is 2.62. The van der Waals surface area contributed by atoms with Crippen LogP contribution in [-0.4, -0.2) is 35.2 Å². The highest BCUT2D eigenvalue weighted by molar-refractivity contribution is 5.94. The zero-order valence-corrected chi connectivity index (χ0v) is 16.0. The number of carbonyl (C=O) groups excluding carboxylic acids is 1. The molecule has 28 heavy (non-hydrogen) atoms. The van der Waals surface area contributed by atoms with Gasteiger partial charge in [-0.05, 0) is 44.0 Å². The summed E-state index contributed by atoms with van der Waals surface area (Å²) >= 11 is 0.